The molecule has 3 nitrogen and oxygen atoms in total. The topological polar surface area (TPSA) is 29.9 Å². The quantitative estimate of drug-likeness (QED) is 0.753. The van der Waals surface area contributed by atoms with Crippen LogP contribution in [0.3, 0.4) is 0 Å². The fraction of sp³-hybridized carbons (Fsp3) is 0.786. The number of nitrogens with zero attached hydrogens (tertiary/aromatic N) is 2. The Labute approximate surface area is 106 Å². The summed E-state index contributed by atoms with van der Waals surface area (Å²) < 4.78 is 1.97. The van der Waals surface area contributed by atoms with E-state index in [4.69, 9.17) is 0 Å². The second-order valence-electron chi connectivity index (χ2n) is 4.95. The molecule has 1 atom stereocenters. The van der Waals surface area contributed by atoms with Crippen LogP contribution in [-0.2, 0) is 13.6 Å². The summed E-state index contributed by atoms with van der Waals surface area (Å²) in [6.45, 7) is 8.65. The molecule has 0 radical (unpaired) electrons. The van der Waals surface area contributed by atoms with Crippen LogP contribution in [0.1, 0.15) is 50.9 Å². The highest BCUT2D eigenvalue weighted by atomic mass is 15.3. The highest BCUT2D eigenvalue weighted by Gasteiger charge is 2.06. The largest absolute Gasteiger partial charge is 0.311 e. The fourth-order valence-electron chi connectivity index (χ4n) is 2.18. The van der Waals surface area contributed by atoms with E-state index < -0.39 is 0 Å². The maximum atomic E-state index is 4.36. The first-order valence-electron chi connectivity index (χ1n) is 6.87. The maximum absolute atomic E-state index is 4.36. The second kappa shape index (κ2) is 7.49. The minimum Gasteiger partial charge on any atom is -0.311 e. The molecule has 1 rings (SSSR count). The molecular formula is C14H27N3. The van der Waals surface area contributed by atoms with E-state index in [-0.39, 0.29) is 0 Å². The molecule has 0 bridgehead atoms. The Hall–Kier alpha value is -0.830. The van der Waals surface area contributed by atoms with Crippen LogP contribution in [-0.4, -0.2) is 16.3 Å². The summed E-state index contributed by atoms with van der Waals surface area (Å²) in [4.78, 5) is 0. The van der Waals surface area contributed by atoms with Crippen LogP contribution < -0.4 is 5.32 Å². The number of rotatable bonds is 8. The summed E-state index contributed by atoms with van der Waals surface area (Å²) >= 11 is 0. The molecule has 17 heavy (non-hydrogen) atoms. The van der Waals surface area contributed by atoms with Gasteiger partial charge in [-0.3, -0.25) is 4.68 Å². The van der Waals surface area contributed by atoms with Crippen molar-refractivity contribution < 1.29 is 0 Å². The average Bonchev–Trinajstić information content (AvgIpc) is 2.62. The van der Waals surface area contributed by atoms with E-state index in [1.165, 1.54) is 31.4 Å². The number of hydrogen-bond acceptors (Lipinski definition) is 2. The van der Waals surface area contributed by atoms with Gasteiger partial charge in [0.15, 0.2) is 0 Å². The van der Waals surface area contributed by atoms with Gasteiger partial charge in [-0.2, -0.15) is 5.10 Å². The molecule has 0 aromatic carbocycles. The molecule has 0 saturated heterocycles. The summed E-state index contributed by atoms with van der Waals surface area (Å²) in [6.07, 6.45) is 5.28. The SMILES string of the molecule is CCCCC(CC)CNCc1cc(C)nn1C. The van der Waals surface area contributed by atoms with Gasteiger partial charge in [-0.15, -0.1) is 0 Å². The molecule has 3 heteroatoms. The van der Waals surface area contributed by atoms with E-state index in [1.807, 2.05) is 18.7 Å². The van der Waals surface area contributed by atoms with E-state index in [1.54, 1.807) is 0 Å². The summed E-state index contributed by atoms with van der Waals surface area (Å²) in [6, 6.07) is 2.15. The normalized spacial score (nSPS) is 12.9. The highest BCUT2D eigenvalue weighted by Crippen LogP contribution is 2.11. The summed E-state index contributed by atoms with van der Waals surface area (Å²) in [5.74, 6) is 0.823. The molecule has 98 valence electrons. The first kappa shape index (κ1) is 14.2. The lowest BCUT2D eigenvalue weighted by molar-refractivity contribution is 0.416. The second-order valence-corrected chi connectivity index (χ2v) is 4.95. The Morgan fingerprint density at radius 3 is 2.71 bits per heavy atom. The number of nitrogens with one attached hydrogen (secondary N) is 1. The Bertz CT molecular complexity index is 317. The van der Waals surface area contributed by atoms with E-state index in [0.29, 0.717) is 0 Å². The minimum atomic E-state index is 0.823. The Kier molecular flexibility index (Phi) is 6.27. The lowest BCUT2D eigenvalue weighted by Crippen LogP contribution is -2.23. The Morgan fingerprint density at radius 2 is 2.18 bits per heavy atom. The molecule has 1 aromatic rings. The van der Waals surface area contributed by atoms with E-state index >= 15 is 0 Å². The van der Waals surface area contributed by atoms with Gasteiger partial charge in [0.05, 0.1) is 11.4 Å². The predicted octanol–water partition coefficient (Wildman–Crippen LogP) is 3.03. The van der Waals surface area contributed by atoms with Gasteiger partial charge in [-0.25, -0.2) is 0 Å². The van der Waals surface area contributed by atoms with Crippen molar-refractivity contribution in [2.45, 2.75) is 53.0 Å². The number of hydrogen-bond donors (Lipinski definition) is 1. The molecule has 0 aliphatic heterocycles. The number of aromatic nitrogens is 2. The lowest BCUT2D eigenvalue weighted by atomic mass is 9.99. The van der Waals surface area contributed by atoms with Gasteiger partial charge in [0.25, 0.3) is 0 Å². The van der Waals surface area contributed by atoms with Crippen molar-refractivity contribution >= 4 is 0 Å². The smallest absolute Gasteiger partial charge is 0.0597 e. The van der Waals surface area contributed by atoms with Crippen molar-refractivity contribution in [1.29, 1.82) is 0 Å². The van der Waals surface area contributed by atoms with Crippen LogP contribution >= 0.6 is 0 Å². The zero-order valence-corrected chi connectivity index (χ0v) is 11.8. The highest BCUT2D eigenvalue weighted by molar-refractivity contribution is 5.08. The molecule has 0 spiro atoms. The molecule has 0 amide bonds. The third-order valence-electron chi connectivity index (χ3n) is 3.38. The Morgan fingerprint density at radius 1 is 1.41 bits per heavy atom. The van der Waals surface area contributed by atoms with Gasteiger partial charge in [-0.05, 0) is 31.9 Å². The molecule has 1 heterocycles. The van der Waals surface area contributed by atoms with Crippen molar-refractivity contribution in [2.75, 3.05) is 6.54 Å². The van der Waals surface area contributed by atoms with Gasteiger partial charge in [-0.1, -0.05) is 33.1 Å². The predicted molar refractivity (Wildman–Crippen MR) is 73.0 cm³/mol. The van der Waals surface area contributed by atoms with Gasteiger partial charge in [0.1, 0.15) is 0 Å². The van der Waals surface area contributed by atoms with Crippen molar-refractivity contribution in [3.05, 3.63) is 17.5 Å². The van der Waals surface area contributed by atoms with Crippen molar-refractivity contribution in [2.24, 2.45) is 13.0 Å². The third-order valence-corrected chi connectivity index (χ3v) is 3.38. The van der Waals surface area contributed by atoms with Crippen LogP contribution in [0.2, 0.25) is 0 Å². The molecule has 0 aliphatic rings. The lowest BCUT2D eigenvalue weighted by Gasteiger charge is -2.15. The van der Waals surface area contributed by atoms with Gasteiger partial charge in [0, 0.05) is 13.6 Å². The fourth-order valence-corrected chi connectivity index (χ4v) is 2.18. The van der Waals surface area contributed by atoms with Gasteiger partial charge in [0.2, 0.25) is 0 Å². The van der Waals surface area contributed by atoms with E-state index in [9.17, 15) is 0 Å². The van der Waals surface area contributed by atoms with Crippen LogP contribution in [0.5, 0.6) is 0 Å². The first-order chi connectivity index (χ1) is 8.17. The molecule has 1 N–H and O–H groups in total. The monoisotopic (exact) mass is 237 g/mol. The van der Waals surface area contributed by atoms with E-state index in [0.717, 1.165) is 24.7 Å². The molecule has 0 saturated carbocycles. The van der Waals surface area contributed by atoms with Crippen molar-refractivity contribution in [3.63, 3.8) is 0 Å². The maximum Gasteiger partial charge on any atom is 0.0597 e. The molecule has 0 aliphatic carbocycles. The third kappa shape index (κ3) is 4.90. The van der Waals surface area contributed by atoms with Crippen LogP contribution in [0.25, 0.3) is 0 Å². The summed E-state index contributed by atoms with van der Waals surface area (Å²) in [5, 5.41) is 7.91. The standard InChI is InChI=1S/C14H27N3/c1-5-7-8-13(6-2)10-15-11-14-9-12(3)16-17(14)4/h9,13,15H,5-8,10-11H2,1-4H3. The van der Waals surface area contributed by atoms with Gasteiger partial charge < -0.3 is 5.32 Å². The average molecular weight is 237 g/mol. The van der Waals surface area contributed by atoms with Crippen LogP contribution in [0.4, 0.5) is 0 Å². The van der Waals surface area contributed by atoms with Crippen molar-refractivity contribution in [3.8, 4) is 0 Å². The van der Waals surface area contributed by atoms with Crippen LogP contribution in [0.15, 0.2) is 6.07 Å². The molecule has 0 fully saturated rings. The van der Waals surface area contributed by atoms with Crippen LogP contribution in [0, 0.1) is 12.8 Å². The Balaban J connectivity index is 2.28. The zero-order valence-electron chi connectivity index (χ0n) is 11.8. The zero-order chi connectivity index (χ0) is 12.7. The number of aryl methyl sites for hydroxylation is 2. The first-order valence-corrected chi connectivity index (χ1v) is 6.87. The molecule has 1 unspecified atom stereocenters. The number of unbranched alkanes of at least 4 members (excludes halogenated alkanes) is 1. The molecule has 1 aromatic heterocycles. The molecular weight excluding hydrogens is 210 g/mol. The summed E-state index contributed by atoms with van der Waals surface area (Å²) in [7, 11) is 2.01. The van der Waals surface area contributed by atoms with Crippen molar-refractivity contribution in [1.82, 2.24) is 15.1 Å². The minimum absolute atomic E-state index is 0.823. The van der Waals surface area contributed by atoms with Gasteiger partial charge >= 0.3 is 0 Å². The van der Waals surface area contributed by atoms with E-state index in [2.05, 4.69) is 30.3 Å². The summed E-state index contributed by atoms with van der Waals surface area (Å²) in [5.41, 5.74) is 2.37.